The van der Waals surface area contributed by atoms with Crippen LogP contribution in [0.4, 0.5) is 19.2 Å². The van der Waals surface area contributed by atoms with Crippen molar-refractivity contribution in [1.29, 1.82) is 0 Å². The van der Waals surface area contributed by atoms with Crippen LogP contribution < -0.4 is 18.9 Å². The van der Waals surface area contributed by atoms with Crippen LogP contribution in [0.5, 0.6) is 23.0 Å². The Hall–Kier alpha value is -7.70. The van der Waals surface area contributed by atoms with Gasteiger partial charge in [-0.05, 0) is 118 Å². The minimum atomic E-state index is -0.749. The van der Waals surface area contributed by atoms with Crippen LogP contribution in [0.15, 0.2) is 121 Å². The Morgan fingerprint density at radius 2 is 0.535 bits per heavy atom. The Bertz CT molecular complexity index is 2620. The molecule has 0 unspecified atom stereocenters. The monoisotopic (exact) mass is 1180 g/mol. The molecule has 0 aliphatic carbocycles. The van der Waals surface area contributed by atoms with Crippen LogP contribution in [0.1, 0.15) is 116 Å². The van der Waals surface area contributed by atoms with Crippen molar-refractivity contribution in [2.75, 3.05) is 78.8 Å². The number of nitrogens with zero attached hydrogens (tertiary/aromatic N) is 6. The summed E-state index contributed by atoms with van der Waals surface area (Å²) < 4.78 is 49.3. The van der Waals surface area contributed by atoms with Gasteiger partial charge in [0.05, 0.1) is 26.2 Å². The van der Waals surface area contributed by atoms with Crippen molar-refractivity contribution in [1.82, 2.24) is 29.4 Å². The minimum absolute atomic E-state index is 0.229. The summed E-state index contributed by atoms with van der Waals surface area (Å²) in [6.45, 7) is 28.0. The first-order chi connectivity index (χ1) is 40.7. The molecule has 0 N–H and O–H groups in total. The van der Waals surface area contributed by atoms with E-state index in [1.807, 2.05) is 180 Å². The van der Waals surface area contributed by atoms with Crippen LogP contribution in [0.3, 0.4) is 0 Å². The van der Waals surface area contributed by atoms with E-state index in [1.165, 1.54) is 0 Å². The third-order valence-corrected chi connectivity index (χ3v) is 13.7. The van der Waals surface area contributed by atoms with E-state index in [4.69, 9.17) is 37.9 Å². The Kier molecular flexibility index (Phi) is 23.0. The summed E-state index contributed by atoms with van der Waals surface area (Å²) in [5.74, 6) is 2.55. The number of benzene rings is 5. The van der Waals surface area contributed by atoms with Gasteiger partial charge >= 0.3 is 24.4 Å². The molecule has 2 aliphatic heterocycles. The zero-order valence-electron chi connectivity index (χ0n) is 52.9. The highest BCUT2D eigenvalue weighted by Crippen LogP contribution is 2.28. The molecule has 2 heterocycles. The van der Waals surface area contributed by atoms with Crippen LogP contribution >= 0.6 is 0 Å². The quantitative estimate of drug-likeness (QED) is 0.156. The van der Waals surface area contributed by atoms with Crippen LogP contribution in [0.25, 0.3) is 0 Å². The van der Waals surface area contributed by atoms with Gasteiger partial charge in [0.2, 0.25) is 0 Å². The predicted octanol–water partition coefficient (Wildman–Crippen LogP) is 12.6. The van der Waals surface area contributed by atoms with E-state index in [1.54, 1.807) is 19.6 Å². The lowest BCUT2D eigenvalue weighted by Crippen LogP contribution is -2.44. The molecule has 0 radical (unpaired) electrons. The summed E-state index contributed by atoms with van der Waals surface area (Å²) >= 11 is 0. The molecule has 0 fully saturated rings. The predicted molar refractivity (Wildman–Crippen MR) is 331 cm³/mol. The molecule has 5 aromatic carbocycles. The fourth-order valence-electron chi connectivity index (χ4n) is 9.63. The second kappa shape index (κ2) is 30.1. The molecule has 0 saturated carbocycles. The number of amides is 4. The van der Waals surface area contributed by atoms with E-state index >= 15 is 0 Å². The molecular weight excluding hydrogens is 1090 g/mol. The van der Waals surface area contributed by atoms with Gasteiger partial charge < -0.3 is 57.5 Å². The molecule has 2 aliphatic rings. The summed E-state index contributed by atoms with van der Waals surface area (Å²) in [6.07, 6.45) is -1.84. The topological polar surface area (TPSA) is 162 Å². The fourth-order valence-corrected chi connectivity index (χ4v) is 9.63. The maximum absolute atomic E-state index is 14.2. The van der Waals surface area contributed by atoms with Crippen molar-refractivity contribution < 1.29 is 57.1 Å². The van der Waals surface area contributed by atoms with E-state index in [0.29, 0.717) is 88.4 Å². The van der Waals surface area contributed by atoms with Crippen LogP contribution in [-0.4, -0.2) is 155 Å². The molecule has 86 heavy (non-hydrogen) atoms. The largest absolute Gasteiger partial charge is 0.490 e. The molecule has 7 rings (SSSR count). The zero-order chi connectivity index (χ0) is 62.1. The van der Waals surface area contributed by atoms with E-state index < -0.39 is 46.8 Å². The lowest BCUT2D eigenvalue weighted by Gasteiger charge is -2.33. The van der Waals surface area contributed by atoms with Gasteiger partial charge in [-0.3, -0.25) is 9.80 Å². The summed E-state index contributed by atoms with van der Waals surface area (Å²) in [6, 6.07) is 39.1. The van der Waals surface area contributed by atoms with Gasteiger partial charge in [0.25, 0.3) is 0 Å². The molecule has 0 aromatic heterocycles. The SMILES string of the molecule is CC(C)(C)OC(=O)N1CCN(Cc2ccc(CN3CCN(C(=O)OC(C)(C)C)Cc4ccccc4OCCOc4ccccc4CN(C(=O)OC(C)(C)C)CC3)cc2)CCN(C(=O)OC(C)(C)C)Cc2ccccc2OCCOc2ccccc2C1. The molecule has 18 nitrogen and oxygen atoms in total. The third kappa shape index (κ3) is 22.0. The van der Waals surface area contributed by atoms with Gasteiger partial charge in [0, 0.05) is 87.7 Å². The number of rotatable bonds is 4. The molecule has 5 aromatic rings. The van der Waals surface area contributed by atoms with E-state index in [-0.39, 0.29) is 52.6 Å². The molecule has 0 spiro atoms. The van der Waals surface area contributed by atoms with Gasteiger partial charge in [0.15, 0.2) is 0 Å². The number of ether oxygens (including phenoxy) is 8. The van der Waals surface area contributed by atoms with Gasteiger partial charge in [-0.15, -0.1) is 0 Å². The third-order valence-electron chi connectivity index (χ3n) is 13.7. The van der Waals surface area contributed by atoms with Gasteiger partial charge in [-0.1, -0.05) is 97.1 Å². The molecule has 18 heteroatoms. The first-order valence-electron chi connectivity index (χ1n) is 30.0. The Balaban J connectivity index is 1.21. The molecule has 0 atom stereocenters. The Morgan fingerprint density at radius 3 is 0.744 bits per heavy atom. The number of carbonyl (C=O) groups excluding carboxylic acids is 4. The maximum atomic E-state index is 14.2. The van der Waals surface area contributed by atoms with E-state index in [2.05, 4.69) is 34.1 Å². The number of carbonyl (C=O) groups is 4. The first kappa shape index (κ1) is 65.8. The lowest BCUT2D eigenvalue weighted by atomic mass is 10.1. The smallest absolute Gasteiger partial charge is 0.410 e. The van der Waals surface area contributed by atoms with Crippen molar-refractivity contribution >= 4 is 24.4 Å². The molecule has 0 bridgehead atoms. The van der Waals surface area contributed by atoms with E-state index in [9.17, 15) is 19.2 Å². The van der Waals surface area contributed by atoms with Crippen LogP contribution in [-0.2, 0) is 58.2 Å². The fraction of sp³-hybridized carbons (Fsp3) is 0.500. The molecule has 4 amide bonds. The van der Waals surface area contributed by atoms with Crippen molar-refractivity contribution in [3.63, 3.8) is 0 Å². The van der Waals surface area contributed by atoms with Crippen LogP contribution in [0, 0.1) is 0 Å². The second-order valence-electron chi connectivity index (χ2n) is 25.8. The summed E-state index contributed by atoms with van der Waals surface area (Å²) in [5, 5.41) is 0. The zero-order valence-corrected chi connectivity index (χ0v) is 52.9. The molecule has 466 valence electrons. The van der Waals surface area contributed by atoms with Crippen molar-refractivity contribution in [2.45, 2.75) is 145 Å². The Labute approximate surface area is 510 Å². The van der Waals surface area contributed by atoms with Gasteiger partial charge in [0.1, 0.15) is 71.8 Å². The summed E-state index contributed by atoms with van der Waals surface area (Å²) in [7, 11) is 0. The van der Waals surface area contributed by atoms with Crippen LogP contribution in [0.2, 0.25) is 0 Å². The van der Waals surface area contributed by atoms with Crippen molar-refractivity contribution in [3.05, 3.63) is 155 Å². The van der Waals surface area contributed by atoms with Gasteiger partial charge in [-0.2, -0.15) is 0 Å². The van der Waals surface area contributed by atoms with Crippen molar-refractivity contribution in [2.24, 2.45) is 0 Å². The molecular formula is C68H92N6O12. The van der Waals surface area contributed by atoms with Crippen molar-refractivity contribution in [3.8, 4) is 23.0 Å². The van der Waals surface area contributed by atoms with Gasteiger partial charge in [-0.25, -0.2) is 19.2 Å². The molecule has 0 saturated heterocycles. The summed E-state index contributed by atoms with van der Waals surface area (Å²) in [5.41, 5.74) is 2.29. The average molecular weight is 1190 g/mol. The number of hydrogen-bond donors (Lipinski definition) is 0. The first-order valence-corrected chi connectivity index (χ1v) is 30.0. The van der Waals surface area contributed by atoms with E-state index in [0.717, 1.165) is 33.4 Å². The highest BCUT2D eigenvalue weighted by molar-refractivity contribution is 5.70. The highest BCUT2D eigenvalue weighted by atomic mass is 16.6. The summed E-state index contributed by atoms with van der Waals surface area (Å²) in [4.78, 5) is 67.9. The Morgan fingerprint density at radius 1 is 0.326 bits per heavy atom. The number of fused-ring (bicyclic) bond motifs is 4. The highest BCUT2D eigenvalue weighted by Gasteiger charge is 2.30. The normalized spacial score (nSPS) is 16.3. The lowest BCUT2D eigenvalue weighted by molar-refractivity contribution is 0.0167. The number of para-hydroxylation sites is 4. The second-order valence-corrected chi connectivity index (χ2v) is 25.8. The minimum Gasteiger partial charge on any atom is -0.490 e. The standard InChI is InChI=1S/C68H92N6O12/c1-65(2,3)83-61(75)71-37-33-69(34-38-72(62(76)84-66(4,5)6)48-54-22-14-18-26-58(54)80-42-41-79-57-25-17-13-21-53(57)47-71)45-51-29-31-52(32-30-51)46-70-35-39-73(63(77)85-67(7,8)9)49-55-23-15-19-27-59(55)81-43-44-82-60-28-20-16-24-56(60)50-74(40-36-70)64(78)86-68(10,11)12/h13-32H,33-50H2,1-12H3. The number of hydrogen-bond acceptors (Lipinski definition) is 14. The average Bonchev–Trinajstić information content (AvgIpc) is 3.46. The maximum Gasteiger partial charge on any atom is 0.410 e.